The second kappa shape index (κ2) is 9.58. The number of hydrogen-bond donors (Lipinski definition) is 1. The number of carbonyl (C=O) groups is 2. The molecule has 8 heteroatoms. The van der Waals surface area contributed by atoms with Crippen LogP contribution in [0.4, 0.5) is 9.18 Å². The maximum Gasteiger partial charge on any atom is 0.410 e. The fourth-order valence-corrected chi connectivity index (χ4v) is 2.05. The zero-order chi connectivity index (χ0) is 19.0. The van der Waals surface area contributed by atoms with Crippen LogP contribution in [0.3, 0.4) is 0 Å². The van der Waals surface area contributed by atoms with E-state index in [2.05, 4.69) is 5.32 Å². The number of benzene rings is 1. The van der Waals surface area contributed by atoms with Gasteiger partial charge in [0.05, 0.1) is 11.6 Å². The Labute approximate surface area is 152 Å². The highest BCUT2D eigenvalue weighted by molar-refractivity contribution is 6.30. The number of rotatable bonds is 7. The van der Waals surface area contributed by atoms with E-state index in [1.807, 2.05) is 0 Å². The maximum absolute atomic E-state index is 13.1. The van der Waals surface area contributed by atoms with Gasteiger partial charge in [-0.15, -0.1) is 0 Å². The first-order valence-corrected chi connectivity index (χ1v) is 8.17. The molecule has 1 aromatic carbocycles. The van der Waals surface area contributed by atoms with Crippen LogP contribution in [0.15, 0.2) is 18.2 Å². The van der Waals surface area contributed by atoms with E-state index >= 15 is 0 Å². The van der Waals surface area contributed by atoms with E-state index in [4.69, 9.17) is 21.1 Å². The minimum atomic E-state index is -0.663. The Kier molecular flexibility index (Phi) is 8.12. The maximum atomic E-state index is 13.1. The van der Waals surface area contributed by atoms with Crippen molar-refractivity contribution in [2.45, 2.75) is 32.9 Å². The van der Waals surface area contributed by atoms with E-state index in [1.54, 1.807) is 20.8 Å². The second-order valence-corrected chi connectivity index (χ2v) is 6.83. The van der Waals surface area contributed by atoms with Crippen LogP contribution < -0.4 is 5.32 Å². The van der Waals surface area contributed by atoms with E-state index in [0.717, 1.165) is 0 Å². The highest BCUT2D eigenvalue weighted by Gasteiger charge is 2.23. The molecule has 6 nitrogen and oxygen atoms in total. The number of ether oxygens (including phenoxy) is 2. The first kappa shape index (κ1) is 21.2. The molecule has 0 heterocycles. The van der Waals surface area contributed by atoms with Crippen molar-refractivity contribution in [3.8, 4) is 0 Å². The van der Waals surface area contributed by atoms with Gasteiger partial charge in [-0.3, -0.25) is 9.69 Å². The lowest BCUT2D eigenvalue weighted by atomic mass is 10.2. The lowest BCUT2D eigenvalue weighted by molar-refractivity contribution is -0.122. The molecule has 0 saturated carbocycles. The van der Waals surface area contributed by atoms with Gasteiger partial charge in [0.1, 0.15) is 18.0 Å². The monoisotopic (exact) mass is 374 g/mol. The first-order valence-electron chi connectivity index (χ1n) is 7.80. The molecule has 0 aliphatic heterocycles. The summed E-state index contributed by atoms with van der Waals surface area (Å²) in [6, 6.07) is 4.20. The SMILES string of the molecule is COCCN(CC(=O)NCc1ccc(F)c(Cl)c1)C(=O)OC(C)(C)C. The normalized spacial score (nSPS) is 11.1. The molecule has 0 atom stereocenters. The summed E-state index contributed by atoms with van der Waals surface area (Å²) in [6.45, 7) is 5.74. The fourth-order valence-electron chi connectivity index (χ4n) is 1.84. The van der Waals surface area contributed by atoms with Crippen molar-refractivity contribution in [2.75, 3.05) is 26.8 Å². The van der Waals surface area contributed by atoms with Crippen LogP contribution in [0.25, 0.3) is 0 Å². The number of hydrogen-bond acceptors (Lipinski definition) is 4. The average Bonchev–Trinajstić information content (AvgIpc) is 2.50. The molecule has 0 radical (unpaired) electrons. The summed E-state index contributed by atoms with van der Waals surface area (Å²) < 4.78 is 23.4. The van der Waals surface area contributed by atoms with Crippen molar-refractivity contribution in [2.24, 2.45) is 0 Å². The van der Waals surface area contributed by atoms with E-state index in [9.17, 15) is 14.0 Å². The van der Waals surface area contributed by atoms with E-state index < -0.39 is 17.5 Å². The van der Waals surface area contributed by atoms with Gasteiger partial charge in [0, 0.05) is 20.2 Å². The minimum Gasteiger partial charge on any atom is -0.444 e. The van der Waals surface area contributed by atoms with Crippen molar-refractivity contribution in [1.82, 2.24) is 10.2 Å². The van der Waals surface area contributed by atoms with Crippen LogP contribution in [0.2, 0.25) is 5.02 Å². The van der Waals surface area contributed by atoms with Crippen LogP contribution in [-0.4, -0.2) is 49.3 Å². The van der Waals surface area contributed by atoms with Gasteiger partial charge in [-0.25, -0.2) is 9.18 Å². The summed E-state index contributed by atoms with van der Waals surface area (Å²) in [7, 11) is 1.51. The Balaban J connectivity index is 2.61. The molecule has 1 N–H and O–H groups in total. The molecule has 0 bridgehead atoms. The van der Waals surface area contributed by atoms with Crippen LogP contribution in [0, 0.1) is 5.82 Å². The van der Waals surface area contributed by atoms with E-state index in [-0.39, 0.29) is 37.2 Å². The van der Waals surface area contributed by atoms with Gasteiger partial charge in [0.25, 0.3) is 0 Å². The fraction of sp³-hybridized carbons (Fsp3) is 0.529. The third-order valence-electron chi connectivity index (χ3n) is 3.03. The number of methoxy groups -OCH3 is 1. The lowest BCUT2D eigenvalue weighted by Crippen LogP contribution is -2.44. The van der Waals surface area contributed by atoms with Crippen LogP contribution >= 0.6 is 11.6 Å². The summed E-state index contributed by atoms with van der Waals surface area (Å²) in [4.78, 5) is 25.5. The largest absolute Gasteiger partial charge is 0.444 e. The van der Waals surface area contributed by atoms with Crippen molar-refractivity contribution < 1.29 is 23.5 Å². The Morgan fingerprint density at radius 3 is 2.56 bits per heavy atom. The van der Waals surface area contributed by atoms with E-state index in [1.165, 1.54) is 30.2 Å². The van der Waals surface area contributed by atoms with Gasteiger partial charge < -0.3 is 14.8 Å². The van der Waals surface area contributed by atoms with Gasteiger partial charge in [0.15, 0.2) is 0 Å². The zero-order valence-corrected chi connectivity index (χ0v) is 15.7. The average molecular weight is 375 g/mol. The van der Waals surface area contributed by atoms with Crippen molar-refractivity contribution in [3.05, 3.63) is 34.6 Å². The standard InChI is InChI=1S/C17H24ClFN2O4/c1-17(2,3)25-16(23)21(7-8-24-4)11-15(22)20-10-12-5-6-14(19)13(18)9-12/h5-6,9H,7-8,10-11H2,1-4H3,(H,20,22). The highest BCUT2D eigenvalue weighted by Crippen LogP contribution is 2.15. The van der Waals surface area contributed by atoms with Crippen LogP contribution in [0.1, 0.15) is 26.3 Å². The minimum absolute atomic E-state index is 0.0118. The van der Waals surface area contributed by atoms with Gasteiger partial charge in [-0.2, -0.15) is 0 Å². The topological polar surface area (TPSA) is 67.9 Å². The summed E-state index contributed by atoms with van der Waals surface area (Å²) in [5, 5.41) is 2.65. The third-order valence-corrected chi connectivity index (χ3v) is 3.31. The summed E-state index contributed by atoms with van der Waals surface area (Å²) in [6.07, 6.45) is -0.593. The molecule has 0 aliphatic rings. The molecule has 140 valence electrons. The Morgan fingerprint density at radius 1 is 1.32 bits per heavy atom. The van der Waals surface area contributed by atoms with Crippen molar-refractivity contribution >= 4 is 23.6 Å². The van der Waals surface area contributed by atoms with E-state index in [0.29, 0.717) is 5.56 Å². The third kappa shape index (κ3) is 8.18. The number of halogens is 2. The number of nitrogens with zero attached hydrogens (tertiary/aromatic N) is 1. The molecule has 25 heavy (non-hydrogen) atoms. The molecule has 0 fully saturated rings. The summed E-state index contributed by atoms with van der Waals surface area (Å²) in [5.41, 5.74) is -0.00975. The van der Waals surface area contributed by atoms with Gasteiger partial charge in [0.2, 0.25) is 5.91 Å². The lowest BCUT2D eigenvalue weighted by Gasteiger charge is -2.26. The predicted octanol–water partition coefficient (Wildman–Crippen LogP) is 2.98. The second-order valence-electron chi connectivity index (χ2n) is 6.42. The molecule has 2 amide bonds. The van der Waals surface area contributed by atoms with Gasteiger partial charge in [-0.1, -0.05) is 17.7 Å². The molecule has 1 rings (SSSR count). The smallest absolute Gasteiger partial charge is 0.410 e. The Morgan fingerprint density at radius 2 is 2.00 bits per heavy atom. The Bertz CT molecular complexity index is 605. The number of amides is 2. The number of carbonyl (C=O) groups excluding carboxylic acids is 2. The highest BCUT2D eigenvalue weighted by atomic mass is 35.5. The van der Waals surface area contributed by atoms with Crippen molar-refractivity contribution in [3.63, 3.8) is 0 Å². The predicted molar refractivity (Wildman–Crippen MR) is 92.9 cm³/mol. The number of nitrogens with one attached hydrogen (secondary N) is 1. The summed E-state index contributed by atoms with van der Waals surface area (Å²) >= 11 is 5.70. The molecule has 0 spiro atoms. The molecule has 0 aromatic heterocycles. The van der Waals surface area contributed by atoms with Crippen LogP contribution in [-0.2, 0) is 20.8 Å². The van der Waals surface area contributed by atoms with Crippen molar-refractivity contribution in [1.29, 1.82) is 0 Å². The molecular weight excluding hydrogens is 351 g/mol. The molecular formula is C17H24ClFN2O4. The molecule has 0 unspecified atom stereocenters. The molecule has 0 aliphatic carbocycles. The van der Waals surface area contributed by atoms with Crippen LogP contribution in [0.5, 0.6) is 0 Å². The quantitative estimate of drug-likeness (QED) is 0.796. The molecule has 1 aromatic rings. The zero-order valence-electron chi connectivity index (χ0n) is 14.9. The Hall–Kier alpha value is -1.86. The van der Waals surface area contributed by atoms with Gasteiger partial charge in [-0.05, 0) is 38.5 Å². The van der Waals surface area contributed by atoms with Gasteiger partial charge >= 0.3 is 6.09 Å². The first-order chi connectivity index (χ1) is 11.6. The summed E-state index contributed by atoms with van der Waals surface area (Å²) in [5.74, 6) is -0.894. The molecule has 0 saturated heterocycles.